The number of rotatable bonds is 11. The van der Waals surface area contributed by atoms with Crippen LogP contribution in [0.25, 0.3) is 0 Å². The van der Waals surface area contributed by atoms with Gasteiger partial charge in [-0.2, -0.15) is 0 Å². The van der Waals surface area contributed by atoms with Gasteiger partial charge >= 0.3 is 0 Å². The largest absolute Gasteiger partial charge is 0.405 e. The van der Waals surface area contributed by atoms with E-state index in [1.165, 1.54) is 11.8 Å². The van der Waals surface area contributed by atoms with Crippen molar-refractivity contribution in [3.05, 3.63) is 152 Å². The molecule has 1 aliphatic heterocycles. The molecule has 5 aromatic carbocycles. The van der Waals surface area contributed by atoms with Crippen LogP contribution >= 0.6 is 11.8 Å². The first-order valence-electron chi connectivity index (χ1n) is 18.2. The standard InChI is InChI=1S/C44H52O5SSi2/c1-43(2,3)51(34-24-14-8-15-25-34,35-26-16-9-17-27-35)47-32-38-41(39(45)40(46)42(48-38)50-33-22-12-7-13-23-33)49-52(44(4,5)6,36-28-18-10-19-29-36)37-30-20-11-21-31-37/h7-31,38-42,45-46H,32H2,1-6H3/t38-,39-,40+,41-,42-/m1/s1. The van der Waals surface area contributed by atoms with Gasteiger partial charge in [0.15, 0.2) is 0 Å². The lowest BCUT2D eigenvalue weighted by atomic mass is 10.0. The molecule has 272 valence electrons. The SMILES string of the molecule is CC(C)(C)[Si](OC[C@H]1O[C@H](Sc2ccccc2)[C@@H](O)[C@@H](O)[C@@H]1O[Si](c1ccccc1)(c1ccccc1)C(C)(C)C)(c1ccccc1)c1ccccc1. The number of aliphatic hydroxyl groups excluding tert-OH is 2. The molecule has 0 amide bonds. The Kier molecular flexibility index (Phi) is 11.8. The summed E-state index contributed by atoms with van der Waals surface area (Å²) in [6.45, 7) is 13.6. The van der Waals surface area contributed by atoms with E-state index in [4.69, 9.17) is 13.6 Å². The molecule has 5 nitrogen and oxygen atoms in total. The molecular weight excluding hydrogens is 697 g/mol. The smallest absolute Gasteiger partial charge is 0.261 e. The van der Waals surface area contributed by atoms with Crippen LogP contribution in [0.15, 0.2) is 157 Å². The Hall–Kier alpha value is -3.32. The summed E-state index contributed by atoms with van der Waals surface area (Å²) in [4.78, 5) is 0.941. The van der Waals surface area contributed by atoms with Crippen molar-refractivity contribution in [3.63, 3.8) is 0 Å². The Morgan fingerprint density at radius 3 is 1.29 bits per heavy atom. The number of thioether (sulfide) groups is 1. The summed E-state index contributed by atoms with van der Waals surface area (Å²) in [5.41, 5.74) is -0.746. The lowest BCUT2D eigenvalue weighted by molar-refractivity contribution is -0.199. The zero-order chi connectivity index (χ0) is 37.0. The number of aliphatic hydroxyl groups is 2. The van der Waals surface area contributed by atoms with E-state index in [1.54, 1.807) is 0 Å². The quantitative estimate of drug-likeness (QED) is 0.146. The summed E-state index contributed by atoms with van der Waals surface area (Å²) in [6.07, 6.45) is -4.06. The van der Waals surface area contributed by atoms with Crippen LogP contribution in [-0.4, -0.2) is 63.3 Å². The van der Waals surface area contributed by atoms with Gasteiger partial charge in [0.25, 0.3) is 16.6 Å². The second-order valence-corrected chi connectivity index (χ2v) is 25.4. The van der Waals surface area contributed by atoms with E-state index in [1.807, 2.05) is 78.9 Å². The minimum atomic E-state index is -3.19. The number of ether oxygens (including phenoxy) is 1. The van der Waals surface area contributed by atoms with Crippen LogP contribution in [0, 0.1) is 0 Å². The third kappa shape index (κ3) is 7.54. The Labute approximate surface area is 316 Å². The zero-order valence-electron chi connectivity index (χ0n) is 31.1. The number of benzene rings is 5. The maximum atomic E-state index is 12.3. The molecule has 0 unspecified atom stereocenters. The Morgan fingerprint density at radius 1 is 0.538 bits per heavy atom. The van der Waals surface area contributed by atoms with Crippen molar-refractivity contribution in [2.24, 2.45) is 0 Å². The van der Waals surface area contributed by atoms with Crippen molar-refractivity contribution in [1.29, 1.82) is 0 Å². The first-order valence-corrected chi connectivity index (χ1v) is 22.9. The van der Waals surface area contributed by atoms with Crippen molar-refractivity contribution in [1.82, 2.24) is 0 Å². The van der Waals surface area contributed by atoms with Gasteiger partial charge < -0.3 is 23.8 Å². The molecule has 5 atom stereocenters. The number of hydrogen-bond donors (Lipinski definition) is 2. The summed E-state index contributed by atoms with van der Waals surface area (Å²) in [5.74, 6) is 0. The fourth-order valence-electron chi connectivity index (χ4n) is 7.78. The zero-order valence-corrected chi connectivity index (χ0v) is 33.9. The van der Waals surface area contributed by atoms with E-state index in [0.717, 1.165) is 25.6 Å². The summed E-state index contributed by atoms with van der Waals surface area (Å²) in [5, 5.41) is 28.0. The Balaban J connectivity index is 1.48. The number of hydrogen-bond acceptors (Lipinski definition) is 6. The van der Waals surface area contributed by atoms with E-state index < -0.39 is 46.5 Å². The minimum absolute atomic E-state index is 0.159. The predicted octanol–water partition coefficient (Wildman–Crippen LogP) is 6.75. The second kappa shape index (κ2) is 16.0. The highest BCUT2D eigenvalue weighted by Gasteiger charge is 2.57. The topological polar surface area (TPSA) is 68.2 Å². The fourth-order valence-corrected chi connectivity index (χ4v) is 18.1. The highest BCUT2D eigenvalue weighted by molar-refractivity contribution is 7.99. The molecule has 0 radical (unpaired) electrons. The molecule has 2 N–H and O–H groups in total. The van der Waals surface area contributed by atoms with Crippen molar-refractivity contribution >= 4 is 49.1 Å². The first kappa shape index (κ1) is 38.4. The van der Waals surface area contributed by atoms with E-state index in [-0.39, 0.29) is 16.7 Å². The average Bonchev–Trinajstić information content (AvgIpc) is 3.15. The normalized spacial score (nSPS) is 21.5. The van der Waals surface area contributed by atoms with Crippen molar-refractivity contribution < 1.29 is 23.8 Å². The Morgan fingerprint density at radius 2 is 0.904 bits per heavy atom. The summed E-state index contributed by atoms with van der Waals surface area (Å²) in [7, 11) is -6.18. The van der Waals surface area contributed by atoms with Gasteiger partial charge in [-0.3, -0.25) is 0 Å². The van der Waals surface area contributed by atoms with Crippen LogP contribution in [-0.2, 0) is 13.6 Å². The van der Waals surface area contributed by atoms with Crippen LogP contribution in [0.1, 0.15) is 41.5 Å². The van der Waals surface area contributed by atoms with Gasteiger partial charge in [-0.25, -0.2) is 0 Å². The average molecular weight is 749 g/mol. The van der Waals surface area contributed by atoms with Crippen molar-refractivity contribution in [2.75, 3.05) is 6.61 Å². The van der Waals surface area contributed by atoms with Crippen molar-refractivity contribution in [3.8, 4) is 0 Å². The highest BCUT2D eigenvalue weighted by atomic mass is 32.2. The van der Waals surface area contributed by atoms with Gasteiger partial charge in [-0.15, -0.1) is 0 Å². The third-order valence-electron chi connectivity index (χ3n) is 10.2. The van der Waals surface area contributed by atoms with E-state index >= 15 is 0 Å². The molecule has 1 heterocycles. The minimum Gasteiger partial charge on any atom is -0.405 e. The van der Waals surface area contributed by atoms with E-state index in [0.29, 0.717) is 0 Å². The monoisotopic (exact) mass is 748 g/mol. The lowest BCUT2D eigenvalue weighted by Gasteiger charge is -2.51. The van der Waals surface area contributed by atoms with Gasteiger partial charge in [0.2, 0.25) is 0 Å². The van der Waals surface area contributed by atoms with Crippen LogP contribution < -0.4 is 20.7 Å². The highest BCUT2D eigenvalue weighted by Crippen LogP contribution is 2.43. The Bertz CT molecular complexity index is 1760. The predicted molar refractivity (Wildman–Crippen MR) is 219 cm³/mol. The lowest BCUT2D eigenvalue weighted by Crippen LogP contribution is -2.72. The summed E-state index contributed by atoms with van der Waals surface area (Å²) >= 11 is 1.41. The van der Waals surface area contributed by atoms with Gasteiger partial charge in [-0.1, -0.05) is 193 Å². The maximum absolute atomic E-state index is 12.3. The second-order valence-electron chi connectivity index (χ2n) is 15.7. The molecule has 6 rings (SSSR count). The summed E-state index contributed by atoms with van der Waals surface area (Å²) < 4.78 is 22.0. The maximum Gasteiger partial charge on any atom is 0.261 e. The first-order chi connectivity index (χ1) is 24.9. The van der Waals surface area contributed by atoms with Crippen molar-refractivity contribution in [2.45, 2.75) is 86.4 Å². The molecule has 5 aromatic rings. The molecule has 0 bridgehead atoms. The van der Waals surface area contributed by atoms with Gasteiger partial charge in [0.05, 0.1) is 6.61 Å². The molecule has 0 aliphatic carbocycles. The molecule has 0 spiro atoms. The van der Waals surface area contributed by atoms with E-state index in [2.05, 4.69) is 114 Å². The van der Waals surface area contributed by atoms with Crippen LogP contribution in [0.3, 0.4) is 0 Å². The molecular formula is C44H52O5SSi2. The molecule has 0 aromatic heterocycles. The third-order valence-corrected chi connectivity index (χ3v) is 21.4. The molecule has 1 fully saturated rings. The molecule has 52 heavy (non-hydrogen) atoms. The molecule has 8 heteroatoms. The molecule has 1 saturated heterocycles. The molecule has 1 aliphatic rings. The fraction of sp³-hybridized carbons (Fsp3) is 0.318. The van der Waals surface area contributed by atoms with Gasteiger partial charge in [-0.05, 0) is 43.0 Å². The summed E-state index contributed by atoms with van der Waals surface area (Å²) in [6, 6.07) is 51.8. The van der Waals surface area contributed by atoms with Crippen LogP contribution in [0.5, 0.6) is 0 Å². The van der Waals surface area contributed by atoms with Crippen LogP contribution in [0.4, 0.5) is 0 Å². The molecule has 0 saturated carbocycles. The van der Waals surface area contributed by atoms with Gasteiger partial charge in [0.1, 0.15) is 29.9 Å². The van der Waals surface area contributed by atoms with E-state index in [9.17, 15) is 10.2 Å². The van der Waals surface area contributed by atoms with Gasteiger partial charge in [0, 0.05) is 4.90 Å². The van der Waals surface area contributed by atoms with Crippen LogP contribution in [0.2, 0.25) is 10.1 Å².